The molecule has 0 saturated heterocycles. The minimum absolute atomic E-state index is 0.306. The highest BCUT2D eigenvalue weighted by Crippen LogP contribution is 2.66. The second kappa shape index (κ2) is 5.59. The van der Waals surface area contributed by atoms with Gasteiger partial charge < -0.3 is 0 Å². The van der Waals surface area contributed by atoms with Crippen LogP contribution in [-0.4, -0.2) is 12.4 Å². The Balaban J connectivity index is 0.000000401. The van der Waals surface area contributed by atoms with E-state index in [1.165, 1.54) is 13.8 Å². The Morgan fingerprint density at radius 2 is 0.955 bits per heavy atom. The molecule has 0 N–H and O–H groups in total. The molecule has 1 aliphatic rings. The molecule has 0 spiro atoms. The minimum Gasteiger partial charge on any atom is -0.171 e. The van der Waals surface area contributed by atoms with Crippen molar-refractivity contribution in [3.63, 3.8) is 0 Å². The normalized spacial score (nSPS) is 19.4. The molecule has 0 aromatic carbocycles. The van der Waals surface area contributed by atoms with Gasteiger partial charge in [0.2, 0.25) is 0 Å². The van der Waals surface area contributed by atoms with Crippen molar-refractivity contribution >= 4 is 0 Å². The fraction of sp³-hybridized carbons (Fsp3) is 1.00. The second-order valence-corrected chi connectivity index (χ2v) is 8.70. The lowest BCUT2D eigenvalue weighted by Gasteiger charge is -2.40. The molecule has 1 aliphatic carbocycles. The summed E-state index contributed by atoms with van der Waals surface area (Å²) in [6, 6.07) is 0. The van der Waals surface area contributed by atoms with Gasteiger partial charge in [-0.15, -0.1) is 0 Å². The first kappa shape index (κ1) is 21.6. The molecule has 1 saturated carbocycles. The zero-order valence-corrected chi connectivity index (χ0v) is 14.7. The van der Waals surface area contributed by atoms with Crippen LogP contribution in [0.1, 0.15) is 68.2 Å². The van der Waals surface area contributed by atoms with Crippen molar-refractivity contribution in [3.05, 3.63) is 0 Å². The molecule has 0 atom stereocenters. The molecule has 0 aromatic heterocycles. The number of hydrogen-bond acceptors (Lipinski definition) is 0. The molecule has 0 bridgehead atoms. The van der Waals surface area contributed by atoms with Crippen molar-refractivity contribution in [3.8, 4) is 0 Å². The van der Waals surface area contributed by atoms with E-state index in [1.54, 1.807) is 41.5 Å². The van der Waals surface area contributed by atoms with E-state index in [0.29, 0.717) is 12.8 Å². The Labute approximate surface area is 129 Å². The molecule has 0 amide bonds. The van der Waals surface area contributed by atoms with E-state index in [-0.39, 0.29) is 0 Å². The molecule has 0 nitrogen and oxygen atoms in total. The van der Waals surface area contributed by atoms with Crippen molar-refractivity contribution in [2.45, 2.75) is 80.6 Å². The van der Waals surface area contributed by atoms with Gasteiger partial charge in [0.05, 0.1) is 10.8 Å². The van der Waals surface area contributed by atoms with Crippen LogP contribution in [0.4, 0.5) is 26.3 Å². The molecular formula is C16H28F6. The maximum absolute atomic E-state index is 12.4. The molecule has 0 radical (unpaired) electrons. The lowest BCUT2D eigenvalue weighted by Crippen LogP contribution is -2.43. The summed E-state index contributed by atoms with van der Waals surface area (Å²) >= 11 is 0. The monoisotopic (exact) mass is 334 g/mol. The van der Waals surface area contributed by atoms with Gasteiger partial charge in [0, 0.05) is 0 Å². The van der Waals surface area contributed by atoms with Gasteiger partial charge in [-0.25, -0.2) is 0 Å². The smallest absolute Gasteiger partial charge is 0.171 e. The van der Waals surface area contributed by atoms with Crippen LogP contribution in [0.2, 0.25) is 0 Å². The van der Waals surface area contributed by atoms with Crippen LogP contribution in [0.3, 0.4) is 0 Å². The first-order valence-electron chi connectivity index (χ1n) is 7.34. The average Bonchev–Trinajstić information content (AvgIpc) is 2.91. The fourth-order valence-corrected chi connectivity index (χ4v) is 2.01. The summed E-state index contributed by atoms with van der Waals surface area (Å²) < 4.78 is 74.2. The van der Waals surface area contributed by atoms with E-state index in [0.717, 1.165) is 0 Å². The van der Waals surface area contributed by atoms with E-state index in [9.17, 15) is 26.3 Å². The van der Waals surface area contributed by atoms with E-state index in [1.807, 2.05) is 0 Å². The highest BCUT2D eigenvalue weighted by Gasteiger charge is 2.68. The van der Waals surface area contributed by atoms with Gasteiger partial charge in [-0.1, -0.05) is 55.4 Å². The molecule has 0 unspecified atom stereocenters. The van der Waals surface area contributed by atoms with Crippen molar-refractivity contribution < 1.29 is 26.3 Å². The zero-order valence-electron chi connectivity index (χ0n) is 14.7. The molecule has 6 heteroatoms. The van der Waals surface area contributed by atoms with Gasteiger partial charge in [0.15, 0.2) is 0 Å². The van der Waals surface area contributed by atoms with Crippen LogP contribution in [0.5, 0.6) is 0 Å². The lowest BCUT2D eigenvalue weighted by atomic mass is 9.69. The topological polar surface area (TPSA) is 0 Å². The Morgan fingerprint density at radius 1 is 0.636 bits per heavy atom. The Hall–Kier alpha value is -0.420. The van der Waals surface area contributed by atoms with Crippen LogP contribution in [0, 0.1) is 21.7 Å². The van der Waals surface area contributed by atoms with E-state index in [4.69, 9.17) is 0 Å². The second-order valence-electron chi connectivity index (χ2n) is 8.70. The van der Waals surface area contributed by atoms with Crippen molar-refractivity contribution in [1.82, 2.24) is 0 Å². The van der Waals surface area contributed by atoms with Gasteiger partial charge in [-0.3, -0.25) is 0 Å². The van der Waals surface area contributed by atoms with Gasteiger partial charge in [0.25, 0.3) is 0 Å². The van der Waals surface area contributed by atoms with Gasteiger partial charge in [0.1, 0.15) is 0 Å². The molecule has 0 aliphatic heterocycles. The fourth-order valence-electron chi connectivity index (χ4n) is 2.01. The summed E-state index contributed by atoms with van der Waals surface area (Å²) in [6.07, 6.45) is -7.52. The number of halogens is 6. The Bertz CT molecular complexity index is 311. The quantitative estimate of drug-likeness (QED) is 0.419. The SMILES string of the molecule is CC(C)(C)C(C)(C)C(F)(F)F.CC(C)(C)C1(C(F)(F)F)CC1. The highest BCUT2D eigenvalue weighted by atomic mass is 19.4. The molecule has 0 heterocycles. The summed E-state index contributed by atoms with van der Waals surface area (Å²) in [5.74, 6) is 0. The Morgan fingerprint density at radius 3 is 0.955 bits per heavy atom. The number of alkyl halides is 6. The maximum atomic E-state index is 12.4. The third-order valence-electron chi connectivity index (χ3n) is 5.31. The highest BCUT2D eigenvalue weighted by molar-refractivity contribution is 5.06. The first-order chi connectivity index (χ1) is 9.21. The molecule has 22 heavy (non-hydrogen) atoms. The van der Waals surface area contributed by atoms with Crippen molar-refractivity contribution in [2.75, 3.05) is 0 Å². The van der Waals surface area contributed by atoms with E-state index in [2.05, 4.69) is 0 Å². The first-order valence-corrected chi connectivity index (χ1v) is 7.34. The predicted molar refractivity (Wildman–Crippen MR) is 76.5 cm³/mol. The largest absolute Gasteiger partial charge is 0.395 e. The number of rotatable bonds is 0. The molecule has 134 valence electrons. The predicted octanol–water partition coefficient (Wildman–Crippen LogP) is 7.00. The standard InChI is InChI=1S/C8H13F3.C8H15F3/c1-6(2,3)7(4-5-7)8(9,10)11;1-6(2,3)7(4,5)8(9,10)11/h4-5H2,1-3H3;1-5H3. The average molecular weight is 334 g/mol. The van der Waals surface area contributed by atoms with Crippen LogP contribution in [0.25, 0.3) is 0 Å². The van der Waals surface area contributed by atoms with Crippen LogP contribution in [0.15, 0.2) is 0 Å². The zero-order chi connectivity index (χ0) is 18.4. The summed E-state index contributed by atoms with van der Waals surface area (Å²) in [5, 5.41) is 0. The van der Waals surface area contributed by atoms with Crippen molar-refractivity contribution in [2.24, 2.45) is 21.7 Å². The molecule has 0 aromatic rings. The number of hydrogen-bond donors (Lipinski definition) is 0. The summed E-state index contributed by atoms with van der Waals surface area (Å²) in [6.45, 7) is 12.2. The molecule has 1 fully saturated rings. The lowest BCUT2D eigenvalue weighted by molar-refractivity contribution is -0.243. The van der Waals surface area contributed by atoms with Gasteiger partial charge in [-0.2, -0.15) is 26.3 Å². The Kier molecular flexibility index (Phi) is 5.48. The molecular weight excluding hydrogens is 306 g/mol. The summed E-state index contributed by atoms with van der Waals surface area (Å²) in [7, 11) is 0. The third-order valence-corrected chi connectivity index (χ3v) is 5.31. The maximum Gasteiger partial charge on any atom is 0.395 e. The van der Waals surface area contributed by atoms with Crippen LogP contribution < -0.4 is 0 Å². The summed E-state index contributed by atoms with van der Waals surface area (Å²) in [5.41, 5.74) is -4.38. The third kappa shape index (κ3) is 4.10. The molecule has 1 rings (SSSR count). The van der Waals surface area contributed by atoms with E-state index < -0.39 is 34.0 Å². The summed E-state index contributed by atoms with van der Waals surface area (Å²) in [4.78, 5) is 0. The van der Waals surface area contributed by atoms with E-state index >= 15 is 0 Å². The van der Waals surface area contributed by atoms with Crippen LogP contribution in [-0.2, 0) is 0 Å². The minimum atomic E-state index is -4.12. The van der Waals surface area contributed by atoms with Crippen LogP contribution >= 0.6 is 0 Å². The van der Waals surface area contributed by atoms with Crippen molar-refractivity contribution in [1.29, 1.82) is 0 Å². The van der Waals surface area contributed by atoms with Gasteiger partial charge >= 0.3 is 12.4 Å². The van der Waals surface area contributed by atoms with Gasteiger partial charge in [-0.05, 0) is 23.7 Å².